The van der Waals surface area contributed by atoms with Crippen LogP contribution in [0.3, 0.4) is 0 Å². The quantitative estimate of drug-likeness (QED) is 0.694. The molecular formula is C12H19N3O2. The third-order valence-electron chi connectivity index (χ3n) is 3.70. The van der Waals surface area contributed by atoms with Crippen LogP contribution in [-0.2, 0) is 9.59 Å². The maximum Gasteiger partial charge on any atom is 0.259 e. The molecule has 0 saturated heterocycles. The highest BCUT2D eigenvalue weighted by atomic mass is 16.2. The number of hydrogen-bond donors (Lipinski definition) is 2. The second-order valence-electron chi connectivity index (χ2n) is 4.97. The highest BCUT2D eigenvalue weighted by Crippen LogP contribution is 2.28. The van der Waals surface area contributed by atoms with Gasteiger partial charge >= 0.3 is 0 Å². The second kappa shape index (κ2) is 4.56. The van der Waals surface area contributed by atoms with Gasteiger partial charge in [0.2, 0.25) is 5.91 Å². The summed E-state index contributed by atoms with van der Waals surface area (Å²) in [7, 11) is 0. The van der Waals surface area contributed by atoms with Gasteiger partial charge in [0.05, 0.1) is 5.54 Å². The van der Waals surface area contributed by atoms with Crippen LogP contribution in [0.15, 0.2) is 4.99 Å². The minimum absolute atomic E-state index is 0.252. The Kier molecular flexibility index (Phi) is 3.28. The predicted octanol–water partition coefficient (Wildman–Crippen LogP) is 0.729. The number of aliphatic imine (C=N–C) groups is 1. The molecule has 2 aliphatic rings. The molecule has 0 radical (unpaired) electrons. The summed E-state index contributed by atoms with van der Waals surface area (Å²) in [6.45, 7) is 1.81. The van der Waals surface area contributed by atoms with E-state index in [-0.39, 0.29) is 11.8 Å². The zero-order chi connectivity index (χ0) is 12.5. The van der Waals surface area contributed by atoms with Crippen molar-refractivity contribution in [2.75, 3.05) is 0 Å². The maximum absolute atomic E-state index is 11.8. The third kappa shape index (κ3) is 2.24. The number of rotatable bonds is 2. The summed E-state index contributed by atoms with van der Waals surface area (Å²) in [5.41, 5.74) is 5.64. The normalized spacial score (nSPS) is 28.6. The number of nitrogens with one attached hydrogen (secondary N) is 1. The molecule has 3 N–H and O–H groups in total. The monoisotopic (exact) mass is 237 g/mol. The molecular weight excluding hydrogens is 218 g/mol. The van der Waals surface area contributed by atoms with Crippen molar-refractivity contribution < 1.29 is 9.59 Å². The van der Waals surface area contributed by atoms with Crippen molar-refractivity contribution in [3.8, 4) is 0 Å². The van der Waals surface area contributed by atoms with E-state index in [0.717, 1.165) is 32.1 Å². The SMILES string of the molecule is CCC1C(=O)N=C(C2(N)CCCCC2)NC1=O. The molecule has 1 atom stereocenters. The lowest BCUT2D eigenvalue weighted by Crippen LogP contribution is -2.59. The van der Waals surface area contributed by atoms with Gasteiger partial charge in [-0.15, -0.1) is 0 Å². The molecule has 5 nitrogen and oxygen atoms in total. The fourth-order valence-electron chi connectivity index (χ4n) is 2.55. The van der Waals surface area contributed by atoms with Gasteiger partial charge < -0.3 is 11.1 Å². The lowest BCUT2D eigenvalue weighted by Gasteiger charge is -2.36. The van der Waals surface area contributed by atoms with Gasteiger partial charge in [0.15, 0.2) is 0 Å². The smallest absolute Gasteiger partial charge is 0.259 e. The van der Waals surface area contributed by atoms with Crippen LogP contribution in [0.1, 0.15) is 45.4 Å². The van der Waals surface area contributed by atoms with Gasteiger partial charge in [-0.05, 0) is 19.3 Å². The maximum atomic E-state index is 11.8. The minimum Gasteiger partial charge on any atom is -0.319 e. The van der Waals surface area contributed by atoms with Gasteiger partial charge in [0, 0.05) is 0 Å². The standard InChI is InChI=1S/C12H19N3O2/c1-2-8-9(16)14-11(15-10(8)17)12(13)6-4-3-5-7-12/h8H,2-7,13H2,1H3,(H,14,15,16,17). The van der Waals surface area contributed by atoms with E-state index in [1.165, 1.54) is 0 Å². The summed E-state index contributed by atoms with van der Waals surface area (Å²) in [5, 5.41) is 2.72. The average molecular weight is 237 g/mol. The van der Waals surface area contributed by atoms with Crippen molar-refractivity contribution in [2.45, 2.75) is 51.0 Å². The van der Waals surface area contributed by atoms with E-state index >= 15 is 0 Å². The predicted molar refractivity (Wildman–Crippen MR) is 64.4 cm³/mol. The van der Waals surface area contributed by atoms with Crippen LogP contribution in [0, 0.1) is 5.92 Å². The van der Waals surface area contributed by atoms with Gasteiger partial charge in [-0.2, -0.15) is 4.99 Å². The summed E-state index contributed by atoms with van der Waals surface area (Å²) >= 11 is 0. The Morgan fingerprint density at radius 2 is 2.00 bits per heavy atom. The van der Waals surface area contributed by atoms with Crippen LogP contribution < -0.4 is 11.1 Å². The van der Waals surface area contributed by atoms with E-state index in [1.54, 1.807) is 0 Å². The van der Waals surface area contributed by atoms with Crippen LogP contribution in [0.25, 0.3) is 0 Å². The molecule has 94 valence electrons. The first-order chi connectivity index (χ1) is 8.07. The molecule has 17 heavy (non-hydrogen) atoms. The van der Waals surface area contributed by atoms with Crippen LogP contribution in [-0.4, -0.2) is 23.2 Å². The topological polar surface area (TPSA) is 84.6 Å². The molecule has 1 saturated carbocycles. The van der Waals surface area contributed by atoms with Gasteiger partial charge in [0.25, 0.3) is 5.91 Å². The minimum atomic E-state index is -0.633. The lowest BCUT2D eigenvalue weighted by molar-refractivity contribution is -0.133. The first kappa shape index (κ1) is 12.2. The molecule has 1 unspecified atom stereocenters. The molecule has 0 aromatic rings. The van der Waals surface area contributed by atoms with Crippen LogP contribution in [0.4, 0.5) is 0 Å². The number of hydrogen-bond acceptors (Lipinski definition) is 3. The molecule has 5 heteroatoms. The highest BCUT2D eigenvalue weighted by molar-refractivity contribution is 6.18. The summed E-state index contributed by atoms with van der Waals surface area (Å²) in [4.78, 5) is 27.5. The first-order valence-electron chi connectivity index (χ1n) is 6.29. The molecule has 1 aliphatic heterocycles. The summed E-state index contributed by atoms with van der Waals surface area (Å²) in [5.74, 6) is -0.845. The Bertz CT molecular complexity index is 370. The number of amidine groups is 1. The Balaban J connectivity index is 2.22. The number of amides is 2. The van der Waals surface area contributed by atoms with Gasteiger partial charge in [-0.1, -0.05) is 26.2 Å². The molecule has 0 spiro atoms. The van der Waals surface area contributed by atoms with Gasteiger partial charge in [-0.25, -0.2) is 0 Å². The largest absolute Gasteiger partial charge is 0.319 e. The van der Waals surface area contributed by atoms with E-state index in [0.29, 0.717) is 12.3 Å². The third-order valence-corrected chi connectivity index (χ3v) is 3.70. The summed E-state index contributed by atoms with van der Waals surface area (Å²) in [6.07, 6.45) is 5.27. The van der Waals surface area contributed by atoms with E-state index < -0.39 is 11.5 Å². The van der Waals surface area contributed by atoms with Gasteiger partial charge in [-0.3, -0.25) is 9.59 Å². The second-order valence-corrected chi connectivity index (χ2v) is 4.97. The van der Waals surface area contributed by atoms with Crippen molar-refractivity contribution in [3.63, 3.8) is 0 Å². The van der Waals surface area contributed by atoms with Crippen LogP contribution in [0.2, 0.25) is 0 Å². The number of nitrogens with zero attached hydrogens (tertiary/aromatic N) is 1. The molecule has 1 aliphatic carbocycles. The van der Waals surface area contributed by atoms with Crippen molar-refractivity contribution >= 4 is 17.6 Å². The Morgan fingerprint density at radius 3 is 2.53 bits per heavy atom. The van der Waals surface area contributed by atoms with E-state index in [1.807, 2.05) is 6.92 Å². The van der Waals surface area contributed by atoms with E-state index in [9.17, 15) is 9.59 Å². The number of nitrogens with two attached hydrogens (primary N) is 1. The molecule has 2 rings (SSSR count). The molecule has 0 aromatic carbocycles. The summed E-state index contributed by atoms with van der Waals surface area (Å²) in [6, 6.07) is 0. The van der Waals surface area contributed by atoms with Crippen molar-refractivity contribution in [2.24, 2.45) is 16.6 Å². The first-order valence-corrected chi connectivity index (χ1v) is 6.29. The van der Waals surface area contributed by atoms with E-state index in [2.05, 4.69) is 10.3 Å². The fourth-order valence-corrected chi connectivity index (χ4v) is 2.55. The van der Waals surface area contributed by atoms with Crippen molar-refractivity contribution in [3.05, 3.63) is 0 Å². The Morgan fingerprint density at radius 1 is 1.35 bits per heavy atom. The van der Waals surface area contributed by atoms with Gasteiger partial charge in [0.1, 0.15) is 11.8 Å². The molecule has 0 aromatic heterocycles. The molecule has 2 amide bonds. The average Bonchev–Trinajstić information content (AvgIpc) is 2.29. The molecule has 1 heterocycles. The number of carbonyl (C=O) groups excluding carboxylic acids is 2. The van der Waals surface area contributed by atoms with Crippen molar-refractivity contribution in [1.82, 2.24) is 5.32 Å². The lowest BCUT2D eigenvalue weighted by atomic mass is 9.80. The molecule has 0 bridgehead atoms. The zero-order valence-electron chi connectivity index (χ0n) is 10.2. The summed E-state index contributed by atoms with van der Waals surface area (Å²) < 4.78 is 0. The zero-order valence-corrected chi connectivity index (χ0v) is 10.2. The van der Waals surface area contributed by atoms with E-state index in [4.69, 9.17) is 5.73 Å². The fraction of sp³-hybridized carbons (Fsp3) is 0.750. The van der Waals surface area contributed by atoms with Crippen LogP contribution >= 0.6 is 0 Å². The Hall–Kier alpha value is -1.23. The van der Waals surface area contributed by atoms with Crippen LogP contribution in [0.5, 0.6) is 0 Å². The highest BCUT2D eigenvalue weighted by Gasteiger charge is 2.39. The number of carbonyl (C=O) groups is 2. The Labute approximate surface area is 101 Å². The molecule has 1 fully saturated rings. The van der Waals surface area contributed by atoms with Crippen molar-refractivity contribution in [1.29, 1.82) is 0 Å².